The maximum Gasteiger partial charge on any atom is 0.339 e. The molecule has 0 unspecified atom stereocenters. The number of rotatable bonds is 2. The maximum absolute atomic E-state index is 12.4. The van der Waals surface area contributed by atoms with Gasteiger partial charge in [-0.15, -0.1) is 0 Å². The SMILES string of the molecule is CN1CC[NH+](Cc2c([O-])ccc3c4c(c(=O)oc23)CCC4)CC1. The van der Waals surface area contributed by atoms with Gasteiger partial charge >= 0.3 is 5.63 Å². The summed E-state index contributed by atoms with van der Waals surface area (Å²) in [6, 6.07) is 3.49. The van der Waals surface area contributed by atoms with Gasteiger partial charge in [-0.25, -0.2) is 4.79 Å². The van der Waals surface area contributed by atoms with E-state index in [9.17, 15) is 9.90 Å². The summed E-state index contributed by atoms with van der Waals surface area (Å²) in [4.78, 5) is 15.9. The van der Waals surface area contributed by atoms with Gasteiger partial charge < -0.3 is 14.4 Å². The molecule has 4 rings (SSSR count). The first-order valence-electron chi connectivity index (χ1n) is 8.43. The van der Waals surface area contributed by atoms with Crippen molar-refractivity contribution in [2.75, 3.05) is 33.2 Å². The van der Waals surface area contributed by atoms with E-state index in [4.69, 9.17) is 4.42 Å². The Morgan fingerprint density at radius 1 is 1.22 bits per heavy atom. The Labute approximate surface area is 135 Å². The van der Waals surface area contributed by atoms with Crippen LogP contribution in [0.3, 0.4) is 0 Å². The molecule has 1 fully saturated rings. The lowest BCUT2D eigenvalue weighted by Crippen LogP contribution is -3.13. The number of benzene rings is 1. The predicted molar refractivity (Wildman–Crippen MR) is 85.9 cm³/mol. The molecule has 122 valence electrons. The first kappa shape index (κ1) is 14.7. The second-order valence-electron chi connectivity index (χ2n) is 6.85. The maximum atomic E-state index is 12.4. The fourth-order valence-corrected chi connectivity index (χ4v) is 3.91. The Hall–Kier alpha value is -1.85. The number of likely N-dealkylation sites (N-methyl/N-ethyl adjacent to an activating group) is 1. The Morgan fingerprint density at radius 3 is 2.74 bits per heavy atom. The van der Waals surface area contributed by atoms with Crippen LogP contribution in [-0.2, 0) is 19.4 Å². The number of nitrogens with one attached hydrogen (secondary N) is 1. The zero-order chi connectivity index (χ0) is 16.0. The zero-order valence-electron chi connectivity index (χ0n) is 13.5. The third-order valence-electron chi connectivity index (χ3n) is 5.32. The molecular formula is C18H22N2O3. The molecule has 0 atom stereocenters. The van der Waals surface area contributed by atoms with Crippen molar-refractivity contribution in [1.82, 2.24) is 4.90 Å². The van der Waals surface area contributed by atoms with Crippen molar-refractivity contribution in [2.45, 2.75) is 25.8 Å². The van der Waals surface area contributed by atoms with Crippen LogP contribution in [0.4, 0.5) is 0 Å². The molecule has 5 heteroatoms. The molecule has 23 heavy (non-hydrogen) atoms. The quantitative estimate of drug-likeness (QED) is 0.772. The van der Waals surface area contributed by atoms with Crippen LogP contribution >= 0.6 is 0 Å². The summed E-state index contributed by atoms with van der Waals surface area (Å²) in [5.74, 6) is -0.00924. The lowest BCUT2D eigenvalue weighted by Gasteiger charge is -2.30. The van der Waals surface area contributed by atoms with Crippen molar-refractivity contribution in [1.29, 1.82) is 0 Å². The highest BCUT2D eigenvalue weighted by Gasteiger charge is 2.23. The Bertz CT molecular complexity index is 804. The monoisotopic (exact) mass is 314 g/mol. The van der Waals surface area contributed by atoms with Crippen LogP contribution in [0.5, 0.6) is 5.75 Å². The molecule has 1 saturated heterocycles. The van der Waals surface area contributed by atoms with E-state index in [1.54, 1.807) is 6.07 Å². The molecular weight excluding hydrogens is 292 g/mol. The lowest BCUT2D eigenvalue weighted by molar-refractivity contribution is -0.918. The van der Waals surface area contributed by atoms with Gasteiger partial charge in [0.15, 0.2) is 0 Å². The molecule has 1 aliphatic heterocycles. The summed E-state index contributed by atoms with van der Waals surface area (Å²) in [6.45, 7) is 4.75. The van der Waals surface area contributed by atoms with Gasteiger partial charge in [0, 0.05) is 29.6 Å². The van der Waals surface area contributed by atoms with E-state index in [0.717, 1.165) is 62.0 Å². The summed E-state index contributed by atoms with van der Waals surface area (Å²) < 4.78 is 5.60. The van der Waals surface area contributed by atoms with Crippen LogP contribution in [0.25, 0.3) is 11.0 Å². The molecule has 1 aliphatic carbocycles. The fourth-order valence-electron chi connectivity index (χ4n) is 3.91. The van der Waals surface area contributed by atoms with Gasteiger partial charge in [0.2, 0.25) is 0 Å². The van der Waals surface area contributed by atoms with Gasteiger partial charge in [0.1, 0.15) is 12.1 Å². The van der Waals surface area contributed by atoms with E-state index in [-0.39, 0.29) is 11.4 Å². The minimum absolute atomic E-state index is 0.00924. The topological polar surface area (TPSA) is 61.0 Å². The van der Waals surface area contributed by atoms with Gasteiger partial charge in [-0.1, -0.05) is 17.9 Å². The van der Waals surface area contributed by atoms with Gasteiger partial charge in [0.05, 0.1) is 13.1 Å². The highest BCUT2D eigenvalue weighted by molar-refractivity contribution is 5.86. The Morgan fingerprint density at radius 2 is 1.96 bits per heavy atom. The molecule has 2 aromatic rings. The van der Waals surface area contributed by atoms with Crippen LogP contribution in [0.15, 0.2) is 21.3 Å². The van der Waals surface area contributed by atoms with Crippen molar-refractivity contribution in [2.24, 2.45) is 0 Å². The van der Waals surface area contributed by atoms with E-state index in [1.807, 2.05) is 6.07 Å². The smallest absolute Gasteiger partial charge is 0.339 e. The highest BCUT2D eigenvalue weighted by Crippen LogP contribution is 2.31. The second kappa shape index (κ2) is 5.65. The number of fused-ring (bicyclic) bond motifs is 3. The van der Waals surface area contributed by atoms with Crippen LogP contribution in [0, 0.1) is 0 Å². The average Bonchev–Trinajstić information content (AvgIpc) is 3.03. The summed E-state index contributed by atoms with van der Waals surface area (Å²) in [6.07, 6.45) is 2.71. The van der Waals surface area contributed by atoms with Crippen molar-refractivity contribution < 1.29 is 14.4 Å². The molecule has 0 radical (unpaired) electrons. The molecule has 1 aromatic carbocycles. The largest absolute Gasteiger partial charge is 0.872 e. The molecule has 2 aliphatic rings. The molecule has 0 spiro atoms. The molecule has 0 amide bonds. The molecule has 1 aromatic heterocycles. The van der Waals surface area contributed by atoms with Crippen LogP contribution < -0.4 is 15.6 Å². The van der Waals surface area contributed by atoms with Gasteiger partial charge in [-0.2, -0.15) is 0 Å². The molecule has 0 saturated carbocycles. The van der Waals surface area contributed by atoms with E-state index in [2.05, 4.69) is 11.9 Å². The number of hydrogen-bond acceptors (Lipinski definition) is 4. The number of nitrogens with zero attached hydrogens (tertiary/aromatic N) is 1. The molecule has 5 nitrogen and oxygen atoms in total. The Balaban J connectivity index is 1.78. The zero-order valence-corrected chi connectivity index (χ0v) is 13.5. The number of aryl methyl sites for hydroxylation is 1. The lowest BCUT2D eigenvalue weighted by atomic mass is 10.0. The summed E-state index contributed by atoms with van der Waals surface area (Å²) in [7, 11) is 2.12. The van der Waals surface area contributed by atoms with Crippen LogP contribution in [-0.4, -0.2) is 38.1 Å². The van der Waals surface area contributed by atoms with Gasteiger partial charge in [-0.05, 0) is 31.9 Å². The molecule has 0 bridgehead atoms. The summed E-state index contributed by atoms with van der Waals surface area (Å²) in [5, 5.41) is 13.4. The highest BCUT2D eigenvalue weighted by atomic mass is 16.4. The first-order chi connectivity index (χ1) is 11.1. The van der Waals surface area contributed by atoms with E-state index >= 15 is 0 Å². The van der Waals surface area contributed by atoms with Crippen molar-refractivity contribution in [3.05, 3.63) is 39.2 Å². The molecule has 2 heterocycles. The number of hydrogen-bond donors (Lipinski definition) is 1. The Kier molecular flexibility index (Phi) is 3.62. The minimum Gasteiger partial charge on any atom is -0.872 e. The second-order valence-corrected chi connectivity index (χ2v) is 6.85. The van der Waals surface area contributed by atoms with Crippen LogP contribution in [0.2, 0.25) is 0 Å². The number of quaternary nitrogens is 1. The number of piperazine rings is 1. The van der Waals surface area contributed by atoms with Crippen molar-refractivity contribution >= 4 is 11.0 Å². The van der Waals surface area contributed by atoms with Crippen LogP contribution in [0.1, 0.15) is 23.1 Å². The fraction of sp³-hybridized carbons (Fsp3) is 0.500. The predicted octanol–water partition coefficient (Wildman–Crippen LogP) is -0.314. The van der Waals surface area contributed by atoms with Gasteiger partial charge in [-0.3, -0.25) is 4.90 Å². The first-order valence-corrected chi connectivity index (χ1v) is 8.43. The van der Waals surface area contributed by atoms with Crippen molar-refractivity contribution in [3.63, 3.8) is 0 Å². The van der Waals surface area contributed by atoms with Crippen molar-refractivity contribution in [3.8, 4) is 5.75 Å². The van der Waals surface area contributed by atoms with E-state index in [1.165, 1.54) is 4.90 Å². The normalized spacial score (nSPS) is 19.3. The summed E-state index contributed by atoms with van der Waals surface area (Å²) in [5.41, 5.74) is 2.88. The van der Waals surface area contributed by atoms with E-state index in [0.29, 0.717) is 17.7 Å². The van der Waals surface area contributed by atoms with E-state index < -0.39 is 0 Å². The minimum atomic E-state index is -0.245. The summed E-state index contributed by atoms with van der Waals surface area (Å²) >= 11 is 0. The third-order valence-corrected chi connectivity index (χ3v) is 5.32. The average molecular weight is 314 g/mol. The third kappa shape index (κ3) is 2.54. The molecule has 1 N–H and O–H groups in total. The van der Waals surface area contributed by atoms with Gasteiger partial charge in [0.25, 0.3) is 0 Å². The standard InChI is InChI=1S/C18H22N2O3/c1-19-7-9-20(10-8-19)11-15-16(21)6-5-13-12-3-2-4-14(12)18(22)23-17(13)15/h5-6,21H,2-4,7-11H2,1H3.